The highest BCUT2D eigenvalue weighted by atomic mass is 127. The molecule has 34 heavy (non-hydrogen) atoms. The van der Waals surface area contributed by atoms with Crippen LogP contribution in [0.3, 0.4) is 0 Å². The second-order valence-electron chi connectivity index (χ2n) is 8.09. The van der Waals surface area contributed by atoms with Crippen molar-refractivity contribution in [2.24, 2.45) is 18.7 Å². The van der Waals surface area contributed by atoms with Gasteiger partial charge in [0.1, 0.15) is 17.4 Å². The average Bonchev–Trinajstić information content (AvgIpc) is 3.15. The van der Waals surface area contributed by atoms with Crippen molar-refractivity contribution in [3.63, 3.8) is 0 Å². The molecule has 1 saturated heterocycles. The molecule has 2 heterocycles. The van der Waals surface area contributed by atoms with E-state index in [0.717, 1.165) is 12.1 Å². The first-order valence-corrected chi connectivity index (χ1v) is 12.7. The van der Waals surface area contributed by atoms with E-state index in [1.54, 1.807) is 23.7 Å². The number of benzene rings is 2. The highest BCUT2D eigenvalue weighted by Crippen LogP contribution is 2.30. The second kappa shape index (κ2) is 9.58. The third-order valence-corrected chi connectivity index (χ3v) is 7.86. The SMILES string of the molecule is Cn1cnc(S(=O)(=O)N2CC(COc3cc(F)cc(Cc4ccc(I)cc4F)c3C(N)=O)C2)c1. The molecule has 1 aliphatic rings. The predicted octanol–water partition coefficient (Wildman–Crippen LogP) is 2.69. The summed E-state index contributed by atoms with van der Waals surface area (Å²) in [4.78, 5) is 16.1. The van der Waals surface area contributed by atoms with Gasteiger partial charge in [-0.2, -0.15) is 4.31 Å². The highest BCUT2D eigenvalue weighted by Gasteiger charge is 2.38. The summed E-state index contributed by atoms with van der Waals surface area (Å²) in [5.74, 6) is -2.19. The largest absolute Gasteiger partial charge is 0.492 e. The molecule has 1 aliphatic heterocycles. The Balaban J connectivity index is 1.48. The van der Waals surface area contributed by atoms with E-state index in [1.807, 2.05) is 22.6 Å². The molecule has 2 N–H and O–H groups in total. The first kappa shape index (κ1) is 24.5. The van der Waals surface area contributed by atoms with Crippen molar-refractivity contribution in [2.75, 3.05) is 19.7 Å². The van der Waals surface area contributed by atoms with Crippen molar-refractivity contribution in [2.45, 2.75) is 11.4 Å². The molecule has 12 heteroatoms. The standard InChI is InChI=1S/C22H21F2IN4O4S/c1-28-10-20(27-12-28)34(31,32)29-8-13(9-29)11-33-19-6-16(23)5-15(21(19)22(26)30)4-14-2-3-17(25)7-18(14)24/h2-3,5-7,10,12-13H,4,8-9,11H2,1H3,(H2,26,30). The number of ether oxygens (including phenoxy) is 1. The summed E-state index contributed by atoms with van der Waals surface area (Å²) < 4.78 is 63.0. The number of nitrogens with two attached hydrogens (primary N) is 1. The molecule has 0 spiro atoms. The van der Waals surface area contributed by atoms with Crippen LogP contribution >= 0.6 is 22.6 Å². The smallest absolute Gasteiger partial charge is 0.262 e. The van der Waals surface area contributed by atoms with Gasteiger partial charge in [0.25, 0.3) is 15.9 Å². The number of hydrogen-bond donors (Lipinski definition) is 1. The maximum absolute atomic E-state index is 14.3. The van der Waals surface area contributed by atoms with Gasteiger partial charge in [-0.1, -0.05) is 6.07 Å². The minimum absolute atomic E-state index is 0.0309. The van der Waals surface area contributed by atoms with Crippen LogP contribution in [0.5, 0.6) is 5.75 Å². The first-order chi connectivity index (χ1) is 16.0. The van der Waals surface area contributed by atoms with Gasteiger partial charge in [-0.25, -0.2) is 22.2 Å². The lowest BCUT2D eigenvalue weighted by Gasteiger charge is -2.37. The summed E-state index contributed by atoms with van der Waals surface area (Å²) in [5.41, 5.74) is 6.01. The van der Waals surface area contributed by atoms with Gasteiger partial charge < -0.3 is 15.0 Å². The topological polar surface area (TPSA) is 108 Å². The fourth-order valence-electron chi connectivity index (χ4n) is 3.73. The monoisotopic (exact) mass is 602 g/mol. The number of rotatable bonds is 8. The van der Waals surface area contributed by atoms with Crippen LogP contribution in [-0.2, 0) is 23.5 Å². The zero-order valence-corrected chi connectivity index (χ0v) is 21.0. The summed E-state index contributed by atoms with van der Waals surface area (Å²) in [6.07, 6.45) is 2.78. The molecule has 180 valence electrons. The van der Waals surface area contributed by atoms with E-state index in [-0.39, 0.29) is 59.5 Å². The number of aryl methyl sites for hydroxylation is 1. The molecule has 3 aromatic rings. The summed E-state index contributed by atoms with van der Waals surface area (Å²) in [6, 6.07) is 6.81. The van der Waals surface area contributed by atoms with Crippen molar-refractivity contribution in [3.05, 3.63) is 74.8 Å². The summed E-state index contributed by atoms with van der Waals surface area (Å²) in [7, 11) is -2.02. The Bertz CT molecular complexity index is 1360. The molecule has 0 unspecified atom stereocenters. The molecule has 0 radical (unpaired) electrons. The first-order valence-electron chi connectivity index (χ1n) is 10.2. The van der Waals surface area contributed by atoms with Crippen molar-refractivity contribution in [3.8, 4) is 5.75 Å². The Hall–Kier alpha value is -2.58. The van der Waals surface area contributed by atoms with Gasteiger partial charge in [-0.05, 0) is 51.9 Å². The summed E-state index contributed by atoms with van der Waals surface area (Å²) in [6.45, 7) is 0.441. The van der Waals surface area contributed by atoms with Gasteiger partial charge in [-0.3, -0.25) is 4.79 Å². The maximum atomic E-state index is 14.3. The zero-order valence-electron chi connectivity index (χ0n) is 18.0. The Labute approximate surface area is 208 Å². The van der Waals surface area contributed by atoms with E-state index < -0.39 is 27.6 Å². The molecule has 1 amide bonds. The summed E-state index contributed by atoms with van der Waals surface area (Å²) >= 11 is 1.98. The van der Waals surface area contributed by atoms with Crippen molar-refractivity contribution < 1.29 is 26.7 Å². The predicted molar refractivity (Wildman–Crippen MR) is 128 cm³/mol. The molecular formula is C22H21F2IN4O4S. The molecule has 8 nitrogen and oxygen atoms in total. The van der Waals surface area contributed by atoms with E-state index in [1.165, 1.54) is 22.9 Å². The Morgan fingerprint density at radius 2 is 1.97 bits per heavy atom. The van der Waals surface area contributed by atoms with Gasteiger partial charge in [0.05, 0.1) is 18.5 Å². The highest BCUT2D eigenvalue weighted by molar-refractivity contribution is 14.1. The van der Waals surface area contributed by atoms with E-state index in [0.29, 0.717) is 3.57 Å². The van der Waals surface area contributed by atoms with Crippen LogP contribution in [-0.4, -0.2) is 47.9 Å². The van der Waals surface area contributed by atoms with Gasteiger partial charge in [0.15, 0.2) is 5.03 Å². The Kier molecular flexibility index (Phi) is 6.92. The van der Waals surface area contributed by atoms with Crippen LogP contribution in [0.25, 0.3) is 0 Å². The average molecular weight is 602 g/mol. The van der Waals surface area contributed by atoms with E-state index in [4.69, 9.17) is 10.5 Å². The number of carbonyl (C=O) groups excluding carboxylic acids is 1. The van der Waals surface area contributed by atoms with Gasteiger partial charge in [-0.15, -0.1) is 0 Å². The number of primary amides is 1. The molecule has 2 aromatic carbocycles. The minimum Gasteiger partial charge on any atom is -0.492 e. The second-order valence-corrected chi connectivity index (χ2v) is 11.2. The van der Waals surface area contributed by atoms with Crippen molar-refractivity contribution in [1.82, 2.24) is 13.9 Å². The van der Waals surface area contributed by atoms with Crippen molar-refractivity contribution in [1.29, 1.82) is 0 Å². The van der Waals surface area contributed by atoms with Gasteiger partial charge in [0.2, 0.25) is 0 Å². The third-order valence-electron chi connectivity index (χ3n) is 5.47. The number of aromatic nitrogens is 2. The quantitative estimate of drug-likeness (QED) is 0.400. The van der Waals surface area contributed by atoms with Crippen LogP contribution in [0, 0.1) is 21.1 Å². The number of halogens is 3. The normalized spacial score (nSPS) is 14.7. The van der Waals surface area contributed by atoms with Crippen LogP contribution in [0.2, 0.25) is 0 Å². The lowest BCUT2D eigenvalue weighted by atomic mass is 9.97. The molecule has 0 atom stereocenters. The lowest BCUT2D eigenvalue weighted by Crippen LogP contribution is -2.52. The molecule has 0 aliphatic carbocycles. The van der Waals surface area contributed by atoms with Crippen molar-refractivity contribution >= 4 is 38.5 Å². The van der Waals surface area contributed by atoms with Crippen LogP contribution < -0.4 is 10.5 Å². The Morgan fingerprint density at radius 1 is 1.24 bits per heavy atom. The fourth-order valence-corrected chi connectivity index (χ4v) is 5.74. The van der Waals surface area contributed by atoms with Crippen LogP contribution in [0.15, 0.2) is 47.9 Å². The maximum Gasteiger partial charge on any atom is 0.262 e. The molecule has 1 aromatic heterocycles. The number of nitrogens with zero attached hydrogens (tertiary/aromatic N) is 3. The van der Waals surface area contributed by atoms with Crippen LogP contribution in [0.4, 0.5) is 8.78 Å². The van der Waals surface area contributed by atoms with E-state index in [2.05, 4.69) is 4.98 Å². The minimum atomic E-state index is -3.70. The lowest BCUT2D eigenvalue weighted by molar-refractivity contribution is 0.0987. The molecule has 0 bridgehead atoms. The molecule has 4 rings (SSSR count). The number of carbonyl (C=O) groups is 1. The number of hydrogen-bond acceptors (Lipinski definition) is 5. The molecule has 0 saturated carbocycles. The Morgan fingerprint density at radius 3 is 2.59 bits per heavy atom. The third kappa shape index (κ3) is 5.08. The zero-order chi connectivity index (χ0) is 24.6. The molecule has 1 fully saturated rings. The van der Waals surface area contributed by atoms with Gasteiger partial charge in [0, 0.05) is 48.3 Å². The fraction of sp³-hybridized carbons (Fsp3) is 0.273. The van der Waals surface area contributed by atoms with E-state index >= 15 is 0 Å². The van der Waals surface area contributed by atoms with E-state index in [9.17, 15) is 22.0 Å². The van der Waals surface area contributed by atoms with Gasteiger partial charge >= 0.3 is 0 Å². The number of sulfonamides is 1. The molecular weight excluding hydrogens is 581 g/mol. The summed E-state index contributed by atoms with van der Waals surface area (Å²) in [5, 5.41) is -0.0389. The number of imidazole rings is 1. The van der Waals surface area contributed by atoms with Crippen LogP contribution in [0.1, 0.15) is 21.5 Å². The number of amides is 1.